The predicted octanol–water partition coefficient (Wildman–Crippen LogP) is 1.83. The van der Waals surface area contributed by atoms with Crippen LogP contribution in [-0.2, 0) is 26.2 Å². The lowest BCUT2D eigenvalue weighted by atomic mass is 9.45. The van der Waals surface area contributed by atoms with Crippen LogP contribution >= 0.6 is 0 Å². The summed E-state index contributed by atoms with van der Waals surface area (Å²) in [5.41, 5.74) is -0.267. The topological polar surface area (TPSA) is 123 Å². The summed E-state index contributed by atoms with van der Waals surface area (Å²) < 4.78 is 5.49. The van der Waals surface area contributed by atoms with Gasteiger partial charge in [-0.2, -0.15) is 0 Å². The molecule has 0 spiro atoms. The second-order valence-electron chi connectivity index (χ2n) is 12.6. The highest BCUT2D eigenvalue weighted by Gasteiger charge is 2.69. The number of amides is 2. The van der Waals surface area contributed by atoms with Crippen LogP contribution in [0, 0.1) is 11.8 Å². The van der Waals surface area contributed by atoms with E-state index in [1.165, 1.54) is 18.9 Å². The van der Waals surface area contributed by atoms with Crippen molar-refractivity contribution < 1.29 is 29.6 Å². The molecule has 1 aromatic rings. The van der Waals surface area contributed by atoms with Crippen molar-refractivity contribution >= 4 is 11.8 Å². The number of hydrogen-bond donors (Lipinski definition) is 4. The van der Waals surface area contributed by atoms with Gasteiger partial charge in [-0.3, -0.25) is 14.5 Å². The number of fused-ring (bicyclic) bond motifs is 1. The number of carbonyl (C=O) groups excluding carboxylic acids is 2. The number of aromatic hydroxyl groups is 2. The Morgan fingerprint density at radius 3 is 2.54 bits per heavy atom. The number of carbonyl (C=O) groups is 2. The van der Waals surface area contributed by atoms with Gasteiger partial charge in [-0.1, -0.05) is 13.0 Å². The van der Waals surface area contributed by atoms with E-state index in [1.54, 1.807) is 4.90 Å². The van der Waals surface area contributed by atoms with E-state index < -0.39 is 16.9 Å². The molecule has 0 unspecified atom stereocenters. The fourth-order valence-corrected chi connectivity index (χ4v) is 8.04. The number of ether oxygens (including phenoxy) is 1. The quantitative estimate of drug-likeness (QED) is 0.421. The first kappa shape index (κ1) is 26.6. The number of morpholine rings is 1. The molecular weight excluding hydrogens is 498 g/mol. The minimum absolute atomic E-state index is 0.0156. The Morgan fingerprint density at radius 1 is 1.15 bits per heavy atom. The Balaban J connectivity index is 1.56. The Hall–Kier alpha value is -2.62. The number of nitrogens with one attached hydrogen (secondary N) is 1. The van der Waals surface area contributed by atoms with Crippen LogP contribution in [-0.4, -0.2) is 94.0 Å². The molecule has 1 aromatic carbocycles. The maximum atomic E-state index is 14.2. The number of piperidine rings is 1. The van der Waals surface area contributed by atoms with Crippen molar-refractivity contribution in [2.75, 3.05) is 39.4 Å². The van der Waals surface area contributed by atoms with Crippen LogP contribution in [0.4, 0.5) is 0 Å². The van der Waals surface area contributed by atoms with Gasteiger partial charge in [0.25, 0.3) is 5.91 Å². The Kier molecular flexibility index (Phi) is 6.47. The molecule has 2 bridgehead atoms. The van der Waals surface area contributed by atoms with Gasteiger partial charge < -0.3 is 30.3 Å². The summed E-state index contributed by atoms with van der Waals surface area (Å²) in [5, 5.41) is 37.9. The summed E-state index contributed by atoms with van der Waals surface area (Å²) in [6.45, 7) is 9.05. The lowest BCUT2D eigenvalue weighted by Gasteiger charge is -2.66. The fraction of sp³-hybridized carbons (Fsp3) is 0.667. The van der Waals surface area contributed by atoms with Crippen molar-refractivity contribution in [3.8, 4) is 11.5 Å². The number of benzene rings is 1. The highest BCUT2D eigenvalue weighted by molar-refractivity contribution is 6.06. The third-order valence-corrected chi connectivity index (χ3v) is 10.0. The van der Waals surface area contributed by atoms with Gasteiger partial charge in [0.1, 0.15) is 0 Å². The van der Waals surface area contributed by atoms with Crippen molar-refractivity contribution in [2.45, 2.75) is 76.0 Å². The number of nitrogens with zero attached hydrogens (tertiary/aromatic N) is 2. The maximum Gasteiger partial charge on any atom is 0.250 e. The summed E-state index contributed by atoms with van der Waals surface area (Å²) in [6, 6.07) is 2.96. The summed E-state index contributed by atoms with van der Waals surface area (Å²) in [7, 11) is 0. The monoisotopic (exact) mass is 539 g/mol. The highest BCUT2D eigenvalue weighted by Crippen LogP contribution is 2.64. The summed E-state index contributed by atoms with van der Waals surface area (Å²) in [4.78, 5) is 32.1. The third-order valence-electron chi connectivity index (χ3n) is 10.0. The summed E-state index contributed by atoms with van der Waals surface area (Å²) in [6.07, 6.45) is 3.41. The second kappa shape index (κ2) is 9.49. The standard InChI is InChI=1S/C30H41N3O6/c1-17(2)31-27(36)21-15-30(38)23-14-20-6-7-22(34)26(35)25(20)29(30,8-9-33(23)16-19-4-5-19)18(3)24(21)28(37)32-10-12-39-13-11-32/h6-7,17-19,23,34-35,38H,4-5,8-16H2,1-3H3,(H,31,36)/t18-,23+,29+,30+/m0/s1. The molecule has 2 saturated heterocycles. The molecule has 39 heavy (non-hydrogen) atoms. The molecule has 4 N–H and O–H groups in total. The van der Waals surface area contributed by atoms with E-state index in [2.05, 4.69) is 10.2 Å². The molecule has 3 fully saturated rings. The van der Waals surface area contributed by atoms with Crippen molar-refractivity contribution in [1.82, 2.24) is 15.1 Å². The van der Waals surface area contributed by atoms with E-state index >= 15 is 0 Å². The van der Waals surface area contributed by atoms with Gasteiger partial charge in [-0.15, -0.1) is 0 Å². The smallest absolute Gasteiger partial charge is 0.250 e. The average molecular weight is 540 g/mol. The lowest BCUT2D eigenvalue weighted by molar-refractivity contribution is -0.169. The Morgan fingerprint density at radius 2 is 1.87 bits per heavy atom. The SMILES string of the molecule is CC(C)NC(=O)C1=C(C(=O)N2CCOCC2)[C@H](C)[C@]23CCN(CC4CC4)[C@H](Cc4ccc(O)c(O)c42)[C@]3(O)C1. The molecule has 212 valence electrons. The molecule has 9 heteroatoms. The van der Waals surface area contributed by atoms with E-state index in [4.69, 9.17) is 4.74 Å². The molecule has 2 aliphatic heterocycles. The van der Waals surface area contributed by atoms with Gasteiger partial charge in [0.15, 0.2) is 11.5 Å². The van der Waals surface area contributed by atoms with E-state index in [0.29, 0.717) is 61.8 Å². The van der Waals surface area contributed by atoms with Crippen molar-refractivity contribution in [1.29, 1.82) is 0 Å². The minimum Gasteiger partial charge on any atom is -0.504 e. The first-order valence-corrected chi connectivity index (χ1v) is 14.5. The van der Waals surface area contributed by atoms with Gasteiger partial charge >= 0.3 is 0 Å². The zero-order valence-corrected chi connectivity index (χ0v) is 23.2. The molecule has 0 aromatic heterocycles. The zero-order valence-electron chi connectivity index (χ0n) is 23.2. The number of phenolic OH excluding ortho intramolecular Hbond substituents is 2. The average Bonchev–Trinajstić information content (AvgIpc) is 3.71. The number of rotatable bonds is 5. The van der Waals surface area contributed by atoms with Gasteiger partial charge in [-0.25, -0.2) is 0 Å². The van der Waals surface area contributed by atoms with E-state index in [1.807, 2.05) is 26.8 Å². The predicted molar refractivity (Wildman–Crippen MR) is 144 cm³/mol. The van der Waals surface area contributed by atoms with Crippen LogP contribution in [0.5, 0.6) is 11.5 Å². The summed E-state index contributed by atoms with van der Waals surface area (Å²) >= 11 is 0. The van der Waals surface area contributed by atoms with Crippen molar-refractivity contribution in [2.24, 2.45) is 11.8 Å². The van der Waals surface area contributed by atoms with Crippen LogP contribution in [0.3, 0.4) is 0 Å². The fourth-order valence-electron chi connectivity index (χ4n) is 8.04. The minimum atomic E-state index is -1.41. The number of hydrogen-bond acceptors (Lipinski definition) is 7. The molecule has 2 heterocycles. The maximum absolute atomic E-state index is 14.2. The second-order valence-corrected chi connectivity index (χ2v) is 12.6. The molecule has 4 atom stereocenters. The number of phenols is 2. The third kappa shape index (κ3) is 3.99. The molecule has 9 nitrogen and oxygen atoms in total. The molecular formula is C30H41N3O6. The van der Waals surface area contributed by atoms with Crippen LogP contribution in [0.15, 0.2) is 23.3 Å². The van der Waals surface area contributed by atoms with E-state index in [-0.39, 0.29) is 41.8 Å². The molecule has 2 amide bonds. The van der Waals surface area contributed by atoms with Gasteiger partial charge in [0.2, 0.25) is 5.91 Å². The van der Waals surface area contributed by atoms with Crippen molar-refractivity contribution in [3.05, 3.63) is 34.4 Å². The van der Waals surface area contributed by atoms with Crippen LogP contribution in [0.1, 0.15) is 57.6 Å². The molecule has 1 saturated carbocycles. The van der Waals surface area contributed by atoms with E-state index in [0.717, 1.165) is 18.7 Å². The first-order valence-electron chi connectivity index (χ1n) is 14.5. The lowest BCUT2D eigenvalue weighted by Crippen LogP contribution is -2.75. The van der Waals surface area contributed by atoms with E-state index in [9.17, 15) is 24.9 Å². The van der Waals surface area contributed by atoms with Gasteiger partial charge in [0, 0.05) is 60.3 Å². The molecule has 5 aliphatic rings. The largest absolute Gasteiger partial charge is 0.504 e. The summed E-state index contributed by atoms with van der Waals surface area (Å²) in [5.74, 6) is -0.939. The molecule has 0 radical (unpaired) electrons. The van der Waals surface area contributed by atoms with Crippen LogP contribution in [0.25, 0.3) is 0 Å². The number of aliphatic hydroxyl groups is 1. The van der Waals surface area contributed by atoms with Crippen LogP contribution < -0.4 is 5.32 Å². The first-order chi connectivity index (χ1) is 18.6. The molecule has 3 aliphatic carbocycles. The highest BCUT2D eigenvalue weighted by atomic mass is 16.5. The normalized spacial score (nSPS) is 32.6. The number of likely N-dealkylation sites (tertiary alicyclic amines) is 1. The zero-order chi connectivity index (χ0) is 27.7. The van der Waals surface area contributed by atoms with Gasteiger partial charge in [-0.05, 0) is 69.5 Å². The van der Waals surface area contributed by atoms with Gasteiger partial charge in [0.05, 0.1) is 18.8 Å². The van der Waals surface area contributed by atoms with Crippen molar-refractivity contribution in [3.63, 3.8) is 0 Å². The van der Waals surface area contributed by atoms with Crippen LogP contribution in [0.2, 0.25) is 0 Å². The Labute approximate surface area is 229 Å². The Bertz CT molecular complexity index is 1220. The molecule has 6 rings (SSSR count).